The van der Waals surface area contributed by atoms with Gasteiger partial charge in [0.25, 0.3) is 5.56 Å². The van der Waals surface area contributed by atoms with Crippen molar-refractivity contribution in [3.63, 3.8) is 0 Å². The number of aryl methyl sites for hydroxylation is 1. The molecular weight excluding hydrogens is 452 g/mol. The summed E-state index contributed by atoms with van der Waals surface area (Å²) >= 11 is 1.38. The van der Waals surface area contributed by atoms with Crippen LogP contribution < -0.4 is 20.5 Å². The predicted octanol–water partition coefficient (Wildman–Crippen LogP) is 3.89. The van der Waals surface area contributed by atoms with Crippen LogP contribution in [0.3, 0.4) is 0 Å². The van der Waals surface area contributed by atoms with Gasteiger partial charge in [0.15, 0.2) is 0 Å². The number of hydrogen-bond acceptors (Lipinski definition) is 7. The van der Waals surface area contributed by atoms with Crippen molar-refractivity contribution in [2.24, 2.45) is 5.92 Å². The Bertz CT molecular complexity index is 1390. The topological polar surface area (TPSA) is 89.6 Å². The van der Waals surface area contributed by atoms with Crippen molar-refractivity contribution in [1.82, 2.24) is 14.9 Å². The number of benzene rings is 1. The Balaban J connectivity index is 1.45. The number of carbonyl (C=O) groups is 1. The number of methoxy groups -OCH3 is 1. The molecule has 0 saturated carbocycles. The maximum atomic E-state index is 13.5. The Morgan fingerprint density at radius 2 is 2.18 bits per heavy atom. The lowest BCUT2D eigenvalue weighted by Gasteiger charge is -2.34. The Morgan fingerprint density at radius 3 is 2.97 bits per heavy atom. The molecule has 1 aromatic carbocycles. The number of rotatable bonds is 6. The highest BCUT2D eigenvalue weighted by Crippen LogP contribution is 2.27. The van der Waals surface area contributed by atoms with Crippen molar-refractivity contribution in [2.45, 2.75) is 26.3 Å². The Labute approximate surface area is 200 Å². The zero-order chi connectivity index (χ0) is 23.7. The first-order chi connectivity index (χ1) is 16.5. The van der Waals surface area contributed by atoms with Gasteiger partial charge in [0.1, 0.15) is 22.0 Å². The van der Waals surface area contributed by atoms with Crippen molar-refractivity contribution in [2.75, 3.05) is 25.1 Å². The number of furan rings is 1. The average Bonchev–Trinajstić information content (AvgIpc) is 3.51. The fourth-order valence-corrected chi connectivity index (χ4v) is 5.13. The van der Waals surface area contributed by atoms with E-state index >= 15 is 0 Å². The maximum Gasteiger partial charge on any atom is 0.277 e. The zero-order valence-corrected chi connectivity index (χ0v) is 19.9. The Morgan fingerprint density at radius 1 is 1.29 bits per heavy atom. The third-order valence-corrected chi connectivity index (χ3v) is 6.97. The molecule has 1 saturated heterocycles. The van der Waals surface area contributed by atoms with Gasteiger partial charge in [-0.05, 0) is 55.5 Å². The van der Waals surface area contributed by atoms with E-state index in [-0.39, 0.29) is 17.4 Å². The van der Waals surface area contributed by atoms with E-state index in [2.05, 4.69) is 5.32 Å². The van der Waals surface area contributed by atoms with E-state index in [0.29, 0.717) is 47.2 Å². The zero-order valence-electron chi connectivity index (χ0n) is 19.1. The van der Waals surface area contributed by atoms with Gasteiger partial charge in [-0.1, -0.05) is 6.07 Å². The van der Waals surface area contributed by atoms with Crippen LogP contribution in [0.25, 0.3) is 15.9 Å². The summed E-state index contributed by atoms with van der Waals surface area (Å²) in [4.78, 5) is 33.4. The van der Waals surface area contributed by atoms with Crippen molar-refractivity contribution in [3.8, 4) is 11.4 Å². The number of fused-ring (bicyclic) bond motifs is 1. The van der Waals surface area contributed by atoms with E-state index in [0.717, 1.165) is 24.4 Å². The second-order valence-electron chi connectivity index (χ2n) is 8.40. The molecule has 9 heteroatoms. The molecule has 0 unspecified atom stereocenters. The number of ether oxygens (including phenoxy) is 1. The lowest BCUT2D eigenvalue weighted by Crippen LogP contribution is -2.45. The lowest BCUT2D eigenvalue weighted by atomic mass is 9.97. The second-order valence-corrected chi connectivity index (χ2v) is 9.32. The fraction of sp³-hybridized carbons (Fsp3) is 0.320. The molecule has 4 aromatic rings. The smallest absolute Gasteiger partial charge is 0.277 e. The highest BCUT2D eigenvalue weighted by atomic mass is 32.1. The van der Waals surface area contributed by atoms with E-state index in [1.165, 1.54) is 11.3 Å². The SMILES string of the molecule is COc1cccc(-n2c(N3CCC[C@@H](C(=O)NCc4ccc(C)o4)C3)nc3ccsc3c2=O)c1. The number of nitrogens with one attached hydrogen (secondary N) is 1. The summed E-state index contributed by atoms with van der Waals surface area (Å²) in [6.45, 7) is 3.43. The summed E-state index contributed by atoms with van der Waals surface area (Å²) < 4.78 is 13.2. The molecule has 0 aliphatic carbocycles. The molecule has 34 heavy (non-hydrogen) atoms. The van der Waals surface area contributed by atoms with Gasteiger partial charge in [-0.2, -0.15) is 0 Å². The van der Waals surface area contributed by atoms with Crippen LogP contribution in [0.2, 0.25) is 0 Å². The molecule has 176 valence electrons. The van der Waals surface area contributed by atoms with Crippen LogP contribution in [-0.4, -0.2) is 35.7 Å². The highest BCUT2D eigenvalue weighted by Gasteiger charge is 2.29. The summed E-state index contributed by atoms with van der Waals surface area (Å²) in [5.41, 5.74) is 1.23. The van der Waals surface area contributed by atoms with E-state index in [1.54, 1.807) is 11.7 Å². The average molecular weight is 479 g/mol. The first-order valence-corrected chi connectivity index (χ1v) is 12.1. The number of anilines is 1. The van der Waals surface area contributed by atoms with Gasteiger partial charge >= 0.3 is 0 Å². The summed E-state index contributed by atoms with van der Waals surface area (Å²) in [6.07, 6.45) is 1.61. The largest absolute Gasteiger partial charge is 0.497 e. The standard InChI is InChI=1S/C25H26N4O4S/c1-16-8-9-20(33-16)14-26-23(30)17-5-4-11-28(15-17)25-27-21-10-12-34-22(21)24(31)29(25)18-6-3-7-19(13-18)32-2/h3,6-10,12-13,17H,4-5,11,14-15H2,1-2H3,(H,26,30)/t17-/m1/s1. The molecule has 0 bridgehead atoms. The fourth-order valence-electron chi connectivity index (χ4n) is 4.37. The predicted molar refractivity (Wildman–Crippen MR) is 132 cm³/mol. The first-order valence-electron chi connectivity index (χ1n) is 11.3. The number of thiophene rings is 1. The van der Waals surface area contributed by atoms with Crippen LogP contribution in [0.15, 0.2) is 57.1 Å². The molecule has 1 atom stereocenters. The molecule has 1 fully saturated rings. The molecule has 0 spiro atoms. The minimum Gasteiger partial charge on any atom is -0.497 e. The van der Waals surface area contributed by atoms with Crippen molar-refractivity contribution in [3.05, 3.63) is 69.7 Å². The lowest BCUT2D eigenvalue weighted by molar-refractivity contribution is -0.125. The van der Waals surface area contributed by atoms with Crippen molar-refractivity contribution in [1.29, 1.82) is 0 Å². The molecule has 1 amide bonds. The molecule has 3 aromatic heterocycles. The minimum absolute atomic E-state index is 0.0226. The van der Waals surface area contributed by atoms with Crippen molar-refractivity contribution >= 4 is 33.4 Å². The van der Waals surface area contributed by atoms with Crippen LogP contribution >= 0.6 is 11.3 Å². The highest BCUT2D eigenvalue weighted by molar-refractivity contribution is 7.17. The number of piperidine rings is 1. The third kappa shape index (κ3) is 4.31. The van der Waals surface area contributed by atoms with Crippen molar-refractivity contribution < 1.29 is 13.9 Å². The van der Waals surface area contributed by atoms with Crippen LogP contribution in [0.5, 0.6) is 5.75 Å². The molecule has 0 radical (unpaired) electrons. The molecule has 1 aliphatic rings. The molecule has 1 aliphatic heterocycles. The monoisotopic (exact) mass is 478 g/mol. The normalized spacial score (nSPS) is 16.1. The van der Waals surface area contributed by atoms with Gasteiger partial charge in [0, 0.05) is 19.2 Å². The Kier molecular flexibility index (Phi) is 6.10. The second kappa shape index (κ2) is 9.34. The Hall–Kier alpha value is -3.59. The van der Waals surface area contributed by atoms with Gasteiger partial charge in [-0.25, -0.2) is 9.55 Å². The van der Waals surface area contributed by atoms with Crippen LogP contribution in [0.4, 0.5) is 5.95 Å². The van der Waals surface area contributed by atoms with Gasteiger partial charge in [0.05, 0.1) is 30.8 Å². The van der Waals surface area contributed by atoms with Gasteiger partial charge < -0.3 is 19.4 Å². The molecular formula is C25H26N4O4S. The van der Waals surface area contributed by atoms with Crippen LogP contribution in [0.1, 0.15) is 24.4 Å². The van der Waals surface area contributed by atoms with Gasteiger partial charge in [0.2, 0.25) is 11.9 Å². The molecule has 8 nitrogen and oxygen atoms in total. The maximum absolute atomic E-state index is 13.5. The number of nitrogens with zero attached hydrogens (tertiary/aromatic N) is 3. The summed E-state index contributed by atoms with van der Waals surface area (Å²) in [6, 6.07) is 13.0. The van der Waals surface area contributed by atoms with Crippen LogP contribution in [-0.2, 0) is 11.3 Å². The molecule has 4 heterocycles. The van der Waals surface area contributed by atoms with E-state index in [9.17, 15) is 9.59 Å². The molecule has 5 rings (SSSR count). The van der Waals surface area contributed by atoms with E-state index in [1.807, 2.05) is 59.7 Å². The van der Waals surface area contributed by atoms with E-state index in [4.69, 9.17) is 14.1 Å². The number of carbonyl (C=O) groups excluding carboxylic acids is 1. The summed E-state index contributed by atoms with van der Waals surface area (Å²) in [5.74, 6) is 2.52. The summed E-state index contributed by atoms with van der Waals surface area (Å²) in [5, 5.41) is 4.87. The number of amides is 1. The van der Waals surface area contributed by atoms with E-state index < -0.39 is 0 Å². The van der Waals surface area contributed by atoms with Gasteiger partial charge in [-0.3, -0.25) is 9.59 Å². The van der Waals surface area contributed by atoms with Gasteiger partial charge in [-0.15, -0.1) is 11.3 Å². The quantitative estimate of drug-likeness (QED) is 0.452. The summed E-state index contributed by atoms with van der Waals surface area (Å²) in [7, 11) is 1.60. The first kappa shape index (κ1) is 22.2. The molecule has 1 N–H and O–H groups in total. The number of aromatic nitrogens is 2. The number of hydrogen-bond donors (Lipinski definition) is 1. The minimum atomic E-state index is -0.210. The third-order valence-electron chi connectivity index (χ3n) is 6.08. The van der Waals surface area contributed by atoms with Crippen LogP contribution in [0, 0.1) is 12.8 Å².